The fourth-order valence-electron chi connectivity index (χ4n) is 2.58. The third kappa shape index (κ3) is 9.40. The van der Waals surface area contributed by atoms with Crippen molar-refractivity contribution in [2.45, 2.75) is 37.4 Å². The summed E-state index contributed by atoms with van der Waals surface area (Å²) in [6.07, 6.45) is 3.22. The van der Waals surface area contributed by atoms with E-state index in [9.17, 15) is 19.2 Å². The van der Waals surface area contributed by atoms with Crippen LogP contribution in [0.3, 0.4) is 0 Å². The highest BCUT2D eigenvalue weighted by atomic mass is 16.4. The van der Waals surface area contributed by atoms with Gasteiger partial charge < -0.3 is 48.3 Å². The van der Waals surface area contributed by atoms with E-state index >= 15 is 0 Å². The number of carbonyl (C=O) groups is 4. The Labute approximate surface area is 183 Å². The maximum absolute atomic E-state index is 12.8. The second kappa shape index (κ2) is 13.6. The standard InChI is InChI=1S/C17H29N9O6/c18-5-13(28)24-10(2-1-3-22-17(19)20)14(29)25-11(4-9-6-21-8-23-9)15(30)26-12(7-27)16(31)32/h6,8,10-12,27H,1-5,7,18H2,(H,21,23)(H,24,28)(H,25,29)(H,26,30)(H,31,32)(H4,19,20,22). The number of nitrogens with two attached hydrogens (primary N) is 3. The molecule has 1 aromatic rings. The van der Waals surface area contributed by atoms with Gasteiger partial charge in [-0.2, -0.15) is 0 Å². The average molecular weight is 455 g/mol. The number of amides is 3. The van der Waals surface area contributed by atoms with Gasteiger partial charge in [-0.25, -0.2) is 9.78 Å². The monoisotopic (exact) mass is 455 g/mol. The highest BCUT2D eigenvalue weighted by molar-refractivity contribution is 5.93. The molecule has 0 saturated heterocycles. The van der Waals surface area contributed by atoms with Gasteiger partial charge in [0.1, 0.15) is 18.1 Å². The summed E-state index contributed by atoms with van der Waals surface area (Å²) in [7, 11) is 0. The summed E-state index contributed by atoms with van der Waals surface area (Å²) >= 11 is 0. The Morgan fingerprint density at radius 2 is 1.75 bits per heavy atom. The van der Waals surface area contributed by atoms with Gasteiger partial charge >= 0.3 is 5.97 Å². The molecule has 15 nitrogen and oxygen atoms in total. The van der Waals surface area contributed by atoms with Gasteiger partial charge in [-0.1, -0.05) is 0 Å². The molecule has 0 spiro atoms. The van der Waals surface area contributed by atoms with Crippen LogP contribution < -0.4 is 33.2 Å². The van der Waals surface area contributed by atoms with Crippen molar-refractivity contribution < 1.29 is 29.4 Å². The number of nitrogens with one attached hydrogen (secondary N) is 4. The second-order valence-corrected chi connectivity index (χ2v) is 6.70. The number of nitrogens with zero attached hydrogens (tertiary/aromatic N) is 2. The van der Waals surface area contributed by atoms with E-state index in [1.54, 1.807) is 0 Å². The normalized spacial score (nSPS) is 13.3. The number of guanidine groups is 1. The number of carboxylic acids is 1. The van der Waals surface area contributed by atoms with Crippen LogP contribution >= 0.6 is 0 Å². The largest absolute Gasteiger partial charge is 0.480 e. The van der Waals surface area contributed by atoms with Crippen molar-refractivity contribution in [1.82, 2.24) is 25.9 Å². The lowest BCUT2D eigenvalue weighted by molar-refractivity contribution is -0.143. The van der Waals surface area contributed by atoms with E-state index in [4.69, 9.17) is 27.4 Å². The predicted molar refractivity (Wildman–Crippen MR) is 112 cm³/mol. The summed E-state index contributed by atoms with van der Waals surface area (Å²) in [5, 5.41) is 25.3. The maximum Gasteiger partial charge on any atom is 0.328 e. The van der Waals surface area contributed by atoms with Crippen molar-refractivity contribution in [1.29, 1.82) is 0 Å². The van der Waals surface area contributed by atoms with Crippen molar-refractivity contribution in [3.8, 4) is 0 Å². The van der Waals surface area contributed by atoms with Crippen LogP contribution in [-0.4, -0.2) is 87.7 Å². The van der Waals surface area contributed by atoms with Crippen LogP contribution in [0.15, 0.2) is 17.5 Å². The minimum Gasteiger partial charge on any atom is -0.480 e. The van der Waals surface area contributed by atoms with E-state index in [1.165, 1.54) is 12.5 Å². The number of aliphatic hydroxyl groups is 1. The smallest absolute Gasteiger partial charge is 0.328 e. The number of carbonyl (C=O) groups excluding carboxylic acids is 3. The van der Waals surface area contributed by atoms with Gasteiger partial charge in [0.05, 0.1) is 19.5 Å². The number of aliphatic imine (C=N–C) groups is 1. The summed E-state index contributed by atoms with van der Waals surface area (Å²) in [5.74, 6) is -3.70. The first kappa shape index (κ1) is 26.3. The summed E-state index contributed by atoms with van der Waals surface area (Å²) in [4.78, 5) is 58.7. The molecule has 1 aromatic heterocycles. The molecule has 0 fully saturated rings. The molecule has 0 aliphatic rings. The summed E-state index contributed by atoms with van der Waals surface area (Å²) in [5.41, 5.74) is 16.3. The topological polar surface area (TPSA) is 264 Å². The first-order valence-electron chi connectivity index (χ1n) is 9.64. The zero-order chi connectivity index (χ0) is 24.1. The Morgan fingerprint density at radius 3 is 2.28 bits per heavy atom. The number of aliphatic carboxylic acids is 1. The van der Waals surface area contributed by atoms with Gasteiger partial charge in [-0.05, 0) is 12.8 Å². The molecule has 0 aliphatic heterocycles. The molecule has 3 atom stereocenters. The van der Waals surface area contributed by atoms with E-state index in [-0.39, 0.29) is 31.9 Å². The van der Waals surface area contributed by atoms with Crippen molar-refractivity contribution in [3.63, 3.8) is 0 Å². The van der Waals surface area contributed by atoms with Crippen molar-refractivity contribution in [2.75, 3.05) is 19.7 Å². The average Bonchev–Trinajstić information content (AvgIpc) is 3.25. The molecular weight excluding hydrogens is 426 g/mol. The van der Waals surface area contributed by atoms with Gasteiger partial charge in [0.2, 0.25) is 17.7 Å². The molecule has 15 heteroatoms. The summed E-state index contributed by atoms with van der Waals surface area (Å²) in [6, 6.07) is -3.84. The van der Waals surface area contributed by atoms with Gasteiger partial charge in [-0.3, -0.25) is 19.4 Å². The third-order valence-corrected chi connectivity index (χ3v) is 4.19. The van der Waals surface area contributed by atoms with Crippen LogP contribution in [0, 0.1) is 0 Å². The Morgan fingerprint density at radius 1 is 1.09 bits per heavy atom. The molecule has 0 aromatic carbocycles. The van der Waals surface area contributed by atoms with Crippen LogP contribution in [0.1, 0.15) is 18.5 Å². The lowest BCUT2D eigenvalue weighted by Gasteiger charge is -2.24. The molecule has 0 saturated carbocycles. The molecule has 1 rings (SSSR count). The Bertz CT molecular complexity index is 794. The van der Waals surface area contributed by atoms with Gasteiger partial charge in [0, 0.05) is 24.9 Å². The number of aromatic amines is 1. The van der Waals surface area contributed by atoms with Crippen molar-refractivity contribution in [3.05, 3.63) is 18.2 Å². The van der Waals surface area contributed by atoms with E-state index in [0.717, 1.165) is 0 Å². The van der Waals surface area contributed by atoms with Crippen molar-refractivity contribution >= 4 is 29.7 Å². The van der Waals surface area contributed by atoms with Crippen LogP contribution in [0.5, 0.6) is 0 Å². The number of aliphatic hydroxyl groups excluding tert-OH is 1. The Balaban J connectivity index is 2.96. The Hall–Kier alpha value is -3.72. The third-order valence-electron chi connectivity index (χ3n) is 4.19. The molecule has 1 heterocycles. The lowest BCUT2D eigenvalue weighted by atomic mass is 10.1. The van der Waals surface area contributed by atoms with Gasteiger partial charge in [0.15, 0.2) is 5.96 Å². The molecule has 12 N–H and O–H groups in total. The van der Waals surface area contributed by atoms with Crippen LogP contribution in [0.2, 0.25) is 0 Å². The van der Waals surface area contributed by atoms with E-state index in [2.05, 4.69) is 30.9 Å². The lowest BCUT2D eigenvalue weighted by Crippen LogP contribution is -2.57. The molecular formula is C17H29N9O6. The molecule has 3 amide bonds. The number of rotatable bonds is 14. The number of imidazole rings is 1. The first-order valence-corrected chi connectivity index (χ1v) is 9.64. The molecule has 0 bridgehead atoms. The SMILES string of the molecule is NCC(=O)NC(CCCN=C(N)N)C(=O)NC(Cc1cnc[nH]1)C(=O)NC(CO)C(=O)O. The minimum absolute atomic E-state index is 0.0547. The quantitative estimate of drug-likeness (QED) is 0.0736. The fraction of sp³-hybridized carbons (Fsp3) is 0.529. The molecule has 3 unspecified atom stereocenters. The van der Waals surface area contributed by atoms with Gasteiger partial charge in [0.25, 0.3) is 0 Å². The summed E-state index contributed by atoms with van der Waals surface area (Å²) in [6.45, 7) is -0.988. The van der Waals surface area contributed by atoms with Crippen molar-refractivity contribution in [2.24, 2.45) is 22.2 Å². The fourth-order valence-corrected chi connectivity index (χ4v) is 2.58. The van der Waals surface area contributed by atoms with Crippen LogP contribution in [-0.2, 0) is 25.6 Å². The molecule has 178 valence electrons. The minimum atomic E-state index is -1.56. The first-order chi connectivity index (χ1) is 15.2. The number of carboxylic acid groups (broad SMARTS) is 1. The van der Waals surface area contributed by atoms with Gasteiger partial charge in [-0.15, -0.1) is 0 Å². The number of hydrogen-bond donors (Lipinski definition) is 9. The Kier molecular flexibility index (Phi) is 11.1. The molecule has 0 radical (unpaired) electrons. The predicted octanol–water partition coefficient (Wildman–Crippen LogP) is -4.50. The number of H-pyrrole nitrogens is 1. The second-order valence-electron chi connectivity index (χ2n) is 6.70. The van der Waals surface area contributed by atoms with E-state index in [0.29, 0.717) is 12.1 Å². The van der Waals surface area contributed by atoms with Crippen LogP contribution in [0.4, 0.5) is 0 Å². The number of hydrogen-bond acceptors (Lipinski definition) is 8. The molecule has 32 heavy (non-hydrogen) atoms. The highest BCUT2D eigenvalue weighted by Gasteiger charge is 2.29. The molecule has 0 aliphatic carbocycles. The highest BCUT2D eigenvalue weighted by Crippen LogP contribution is 2.04. The zero-order valence-corrected chi connectivity index (χ0v) is 17.3. The zero-order valence-electron chi connectivity index (χ0n) is 17.3. The van der Waals surface area contributed by atoms with E-state index in [1.807, 2.05) is 0 Å². The maximum atomic E-state index is 12.8. The van der Waals surface area contributed by atoms with E-state index < -0.39 is 48.4 Å². The van der Waals surface area contributed by atoms with Crippen LogP contribution in [0.25, 0.3) is 0 Å². The number of aromatic nitrogens is 2. The summed E-state index contributed by atoms with van der Waals surface area (Å²) < 4.78 is 0.